The number of hydrogen-bond donors (Lipinski definition) is 0. The Balaban J connectivity index is 0.987. The second-order valence-electron chi connectivity index (χ2n) is 11.8. The molecule has 4 aromatic heterocycles. The number of carbonyl (C=O) groups is 1. The van der Waals surface area contributed by atoms with Gasteiger partial charge in [0.25, 0.3) is 5.91 Å². The van der Waals surface area contributed by atoms with Crippen LogP contribution in [-0.2, 0) is 19.6 Å². The van der Waals surface area contributed by atoms with Crippen molar-refractivity contribution in [2.75, 3.05) is 13.1 Å². The summed E-state index contributed by atoms with van der Waals surface area (Å²) in [4.78, 5) is 24.1. The van der Waals surface area contributed by atoms with E-state index in [0.717, 1.165) is 37.2 Å². The average Bonchev–Trinajstić information content (AvgIpc) is 3.83. The van der Waals surface area contributed by atoms with Crippen molar-refractivity contribution >= 4 is 43.4 Å². The number of hydrogen-bond acceptors (Lipinski definition) is 8. The number of carbonyl (C=O) groups excluding carboxylic acids is 1. The summed E-state index contributed by atoms with van der Waals surface area (Å²) < 4.78 is 24.0. The number of piperazine rings is 1. The molecule has 46 heavy (non-hydrogen) atoms. The quantitative estimate of drug-likeness (QED) is 0.181. The van der Waals surface area contributed by atoms with Crippen molar-refractivity contribution in [3.8, 4) is 11.3 Å². The molecule has 5 heterocycles. The lowest BCUT2D eigenvalue weighted by atomic mass is 10.1. The molecule has 0 radical (unpaired) electrons. The number of thiophene rings is 1. The summed E-state index contributed by atoms with van der Waals surface area (Å²) in [7, 11) is 0. The molecule has 0 N–H and O–H groups in total. The molecule has 10 nitrogen and oxygen atoms in total. The van der Waals surface area contributed by atoms with E-state index in [9.17, 15) is 9.18 Å². The molecule has 7 rings (SSSR count). The van der Waals surface area contributed by atoms with Crippen molar-refractivity contribution in [3.05, 3.63) is 105 Å². The Bertz CT molecular complexity index is 2000. The number of amides is 1. The summed E-state index contributed by atoms with van der Waals surface area (Å²) in [5, 5.41) is 14.4. The van der Waals surface area contributed by atoms with E-state index in [1.54, 1.807) is 23.0 Å². The highest BCUT2D eigenvalue weighted by atomic mass is 79.9. The minimum Gasteiger partial charge on any atom is -0.439 e. The van der Waals surface area contributed by atoms with E-state index in [1.165, 1.54) is 23.5 Å². The molecular formula is C33H32BrFN8O2S. The maximum atomic E-state index is 13.7. The minimum atomic E-state index is -0.265. The van der Waals surface area contributed by atoms with E-state index in [-0.39, 0.29) is 23.8 Å². The summed E-state index contributed by atoms with van der Waals surface area (Å²) in [6.45, 7) is 8.99. The van der Waals surface area contributed by atoms with E-state index in [0.29, 0.717) is 49.3 Å². The van der Waals surface area contributed by atoms with E-state index >= 15 is 0 Å². The predicted octanol–water partition coefficient (Wildman–Crippen LogP) is 6.39. The third-order valence-electron chi connectivity index (χ3n) is 8.34. The fourth-order valence-corrected chi connectivity index (χ4v) is 7.58. The fourth-order valence-electron chi connectivity index (χ4n) is 6.05. The second-order valence-corrected chi connectivity index (χ2v) is 13.8. The van der Waals surface area contributed by atoms with Crippen LogP contribution >= 0.6 is 27.3 Å². The molecule has 1 fully saturated rings. The van der Waals surface area contributed by atoms with Gasteiger partial charge in [0.1, 0.15) is 17.2 Å². The smallest absolute Gasteiger partial charge is 0.264 e. The molecule has 1 aliphatic rings. The van der Waals surface area contributed by atoms with Gasteiger partial charge in [-0.1, -0.05) is 45.4 Å². The monoisotopic (exact) mass is 702 g/mol. The van der Waals surface area contributed by atoms with Crippen molar-refractivity contribution in [1.82, 2.24) is 39.6 Å². The Kier molecular flexibility index (Phi) is 8.30. The lowest BCUT2D eigenvalue weighted by molar-refractivity contribution is 0.0267. The summed E-state index contributed by atoms with van der Waals surface area (Å²) in [5.74, 6) is 1.02. The molecule has 2 atom stereocenters. The number of aryl methyl sites for hydroxylation is 1. The van der Waals surface area contributed by atoms with Crippen LogP contribution in [0, 0.1) is 12.7 Å². The van der Waals surface area contributed by atoms with Crippen molar-refractivity contribution in [2.45, 2.75) is 52.5 Å². The molecule has 0 aliphatic carbocycles. The Morgan fingerprint density at radius 1 is 1.07 bits per heavy atom. The van der Waals surface area contributed by atoms with Crippen LogP contribution in [0.25, 0.3) is 21.5 Å². The van der Waals surface area contributed by atoms with Gasteiger partial charge in [-0.05, 0) is 56.7 Å². The topological polar surface area (TPSA) is 98.1 Å². The molecule has 6 aromatic rings. The highest BCUT2D eigenvalue weighted by Gasteiger charge is 2.33. The van der Waals surface area contributed by atoms with Crippen molar-refractivity contribution < 1.29 is 13.6 Å². The van der Waals surface area contributed by atoms with Gasteiger partial charge in [-0.2, -0.15) is 5.10 Å². The number of benzene rings is 2. The van der Waals surface area contributed by atoms with Gasteiger partial charge in [-0.25, -0.2) is 14.1 Å². The molecule has 2 aromatic carbocycles. The third-order valence-corrected chi connectivity index (χ3v) is 9.97. The zero-order chi connectivity index (χ0) is 31.9. The average molecular weight is 704 g/mol. The van der Waals surface area contributed by atoms with Crippen LogP contribution in [0.1, 0.15) is 46.4 Å². The second kappa shape index (κ2) is 12.5. The van der Waals surface area contributed by atoms with Crippen molar-refractivity contribution in [2.24, 2.45) is 0 Å². The first kappa shape index (κ1) is 30.5. The molecule has 236 valence electrons. The lowest BCUT2D eigenvalue weighted by Crippen LogP contribution is -2.57. The minimum absolute atomic E-state index is 0.0337. The van der Waals surface area contributed by atoms with E-state index < -0.39 is 0 Å². The molecule has 1 saturated heterocycles. The molecule has 0 spiro atoms. The summed E-state index contributed by atoms with van der Waals surface area (Å²) in [6, 6.07) is 16.5. The number of fused-ring (bicyclic) bond motifs is 1. The summed E-state index contributed by atoms with van der Waals surface area (Å²) in [5.41, 5.74) is 3.63. The van der Waals surface area contributed by atoms with E-state index in [1.807, 2.05) is 53.0 Å². The van der Waals surface area contributed by atoms with Crippen LogP contribution in [0.2, 0.25) is 0 Å². The Labute approximate surface area is 277 Å². The number of nitrogens with zero attached hydrogens (tertiary/aromatic N) is 8. The number of aromatic nitrogens is 6. The van der Waals surface area contributed by atoms with Gasteiger partial charge in [0.2, 0.25) is 5.89 Å². The van der Waals surface area contributed by atoms with Gasteiger partial charge in [-0.15, -0.1) is 16.4 Å². The van der Waals surface area contributed by atoms with Crippen molar-refractivity contribution in [3.63, 3.8) is 0 Å². The van der Waals surface area contributed by atoms with E-state index in [4.69, 9.17) is 4.42 Å². The van der Waals surface area contributed by atoms with Crippen LogP contribution in [0.5, 0.6) is 0 Å². The third kappa shape index (κ3) is 6.26. The van der Waals surface area contributed by atoms with Crippen molar-refractivity contribution in [1.29, 1.82) is 0 Å². The molecular weight excluding hydrogens is 671 g/mol. The van der Waals surface area contributed by atoms with Crippen LogP contribution < -0.4 is 0 Å². The molecule has 13 heteroatoms. The summed E-state index contributed by atoms with van der Waals surface area (Å²) in [6.07, 6.45) is 3.65. The highest BCUT2D eigenvalue weighted by Crippen LogP contribution is 2.31. The molecule has 1 aliphatic heterocycles. The highest BCUT2D eigenvalue weighted by molar-refractivity contribution is 9.10. The van der Waals surface area contributed by atoms with Crippen LogP contribution in [-0.4, -0.2) is 70.6 Å². The zero-order valence-corrected chi connectivity index (χ0v) is 28.0. The lowest BCUT2D eigenvalue weighted by Gasteiger charge is -2.44. The Hall–Kier alpha value is -4.20. The van der Waals surface area contributed by atoms with Gasteiger partial charge >= 0.3 is 0 Å². The SMILES string of the molecule is Cc1nn(Cc2ccc(F)cc2)c2sc(C(=O)N3C[C@@H](C)N(Cc4cn(Cc5ncc(-c6cccc(Br)c6)o5)nn4)[C@@H](C)C3)cc12. The number of rotatable bonds is 8. The molecule has 0 unspecified atom stereocenters. The first-order valence-electron chi connectivity index (χ1n) is 15.1. The van der Waals surface area contributed by atoms with Gasteiger partial charge < -0.3 is 9.32 Å². The van der Waals surface area contributed by atoms with Gasteiger partial charge in [0, 0.05) is 47.1 Å². The fraction of sp³-hybridized carbons (Fsp3) is 0.303. The molecule has 1 amide bonds. The maximum Gasteiger partial charge on any atom is 0.264 e. The van der Waals surface area contributed by atoms with Crippen LogP contribution in [0.3, 0.4) is 0 Å². The largest absolute Gasteiger partial charge is 0.439 e. The van der Waals surface area contributed by atoms with Crippen LogP contribution in [0.15, 0.2) is 75.9 Å². The van der Waals surface area contributed by atoms with Gasteiger partial charge in [-0.3, -0.25) is 14.4 Å². The molecule has 0 saturated carbocycles. The predicted molar refractivity (Wildman–Crippen MR) is 177 cm³/mol. The van der Waals surface area contributed by atoms with E-state index in [2.05, 4.69) is 55.1 Å². The normalized spacial score (nSPS) is 17.3. The molecule has 0 bridgehead atoms. The van der Waals surface area contributed by atoms with Gasteiger partial charge in [0.05, 0.1) is 35.2 Å². The standard InChI is InChI=1S/C33H32BrFN8O2S/c1-20-14-40(32(44)30-12-28-22(3)38-43(33(28)46-30)16-23-7-9-26(35)10-8-23)15-21(2)42(20)18-27-17-41(39-37-27)19-31-36-13-29(45-31)24-5-4-6-25(34)11-24/h4-13,17,20-21H,14-16,18-19H2,1-3H3/t20-,21+. The number of oxazole rings is 1. The first-order chi connectivity index (χ1) is 22.2. The first-order valence-corrected chi connectivity index (χ1v) is 16.7. The Morgan fingerprint density at radius 3 is 2.61 bits per heavy atom. The Morgan fingerprint density at radius 2 is 1.85 bits per heavy atom. The zero-order valence-electron chi connectivity index (χ0n) is 25.6. The number of halogens is 2. The van der Waals surface area contributed by atoms with Gasteiger partial charge in [0.15, 0.2) is 5.76 Å². The van der Waals surface area contributed by atoms with Crippen LogP contribution in [0.4, 0.5) is 4.39 Å². The summed E-state index contributed by atoms with van der Waals surface area (Å²) >= 11 is 4.96. The maximum absolute atomic E-state index is 13.7.